The third kappa shape index (κ3) is 3.45. The van der Waals surface area contributed by atoms with Gasteiger partial charge in [0.1, 0.15) is 11.1 Å². The van der Waals surface area contributed by atoms with Crippen LogP contribution in [0.25, 0.3) is 0 Å². The normalized spacial score (nSPS) is 25.7. The average Bonchev–Trinajstić information content (AvgIpc) is 3.27. The van der Waals surface area contributed by atoms with Crippen LogP contribution in [0.15, 0.2) is 30.7 Å². The quantitative estimate of drug-likeness (QED) is 0.933. The Balaban J connectivity index is 1.47. The Morgan fingerprint density at radius 2 is 2.26 bits per heavy atom. The number of hydrogen-bond acceptors (Lipinski definition) is 6. The van der Waals surface area contributed by atoms with E-state index in [2.05, 4.69) is 32.3 Å². The van der Waals surface area contributed by atoms with Gasteiger partial charge in [-0.1, -0.05) is 0 Å². The number of aromatic nitrogens is 2. The number of nitrogens with zero attached hydrogens (tertiary/aromatic N) is 3. The number of hydrogen-bond donors (Lipinski definition) is 1. The lowest BCUT2D eigenvalue weighted by Crippen LogP contribution is -2.45. The van der Waals surface area contributed by atoms with E-state index in [9.17, 15) is 0 Å². The Morgan fingerprint density at radius 3 is 3.09 bits per heavy atom. The molecule has 2 aromatic heterocycles. The summed E-state index contributed by atoms with van der Waals surface area (Å²) in [6.45, 7) is 4.92. The number of nitrogens with one attached hydrogen (secondary N) is 1. The van der Waals surface area contributed by atoms with Crippen molar-refractivity contribution in [3.63, 3.8) is 0 Å². The van der Waals surface area contributed by atoms with Crippen LogP contribution in [-0.2, 0) is 11.3 Å². The van der Waals surface area contributed by atoms with E-state index in [1.807, 2.05) is 29.9 Å². The number of pyridine rings is 1. The summed E-state index contributed by atoms with van der Waals surface area (Å²) < 4.78 is 5.75. The highest BCUT2D eigenvalue weighted by atomic mass is 32.1. The van der Waals surface area contributed by atoms with Crippen LogP contribution in [0.2, 0.25) is 0 Å². The fourth-order valence-corrected chi connectivity index (χ4v) is 4.39. The summed E-state index contributed by atoms with van der Waals surface area (Å²) in [5, 5.41) is 4.65. The van der Waals surface area contributed by atoms with Crippen molar-refractivity contribution in [3.8, 4) is 0 Å². The molecule has 4 heterocycles. The Bertz CT molecular complexity index is 627. The lowest BCUT2D eigenvalue weighted by atomic mass is 10.0. The first-order valence-corrected chi connectivity index (χ1v) is 9.13. The van der Waals surface area contributed by atoms with Crippen LogP contribution < -0.4 is 5.32 Å². The first-order valence-electron chi connectivity index (χ1n) is 8.31. The molecule has 0 bridgehead atoms. The minimum absolute atomic E-state index is 0.229. The molecule has 5 nitrogen and oxygen atoms in total. The second-order valence-corrected chi connectivity index (χ2v) is 7.28. The van der Waals surface area contributed by atoms with E-state index in [0.29, 0.717) is 6.04 Å². The van der Waals surface area contributed by atoms with E-state index >= 15 is 0 Å². The van der Waals surface area contributed by atoms with Crippen molar-refractivity contribution in [2.75, 3.05) is 26.2 Å². The molecule has 4 rings (SSSR count). The van der Waals surface area contributed by atoms with Crippen molar-refractivity contribution in [1.82, 2.24) is 20.2 Å². The molecule has 122 valence electrons. The van der Waals surface area contributed by atoms with E-state index < -0.39 is 0 Å². The monoisotopic (exact) mass is 330 g/mol. The van der Waals surface area contributed by atoms with Crippen LogP contribution in [0.1, 0.15) is 40.4 Å². The van der Waals surface area contributed by atoms with Crippen LogP contribution in [0.5, 0.6) is 0 Å². The lowest BCUT2D eigenvalue weighted by Gasteiger charge is -2.36. The zero-order chi connectivity index (χ0) is 15.5. The maximum absolute atomic E-state index is 5.75. The van der Waals surface area contributed by atoms with Crippen molar-refractivity contribution >= 4 is 11.3 Å². The van der Waals surface area contributed by atoms with Crippen molar-refractivity contribution < 1.29 is 4.74 Å². The molecule has 23 heavy (non-hydrogen) atoms. The zero-order valence-electron chi connectivity index (χ0n) is 13.1. The summed E-state index contributed by atoms with van der Waals surface area (Å²) in [6, 6.07) is 4.64. The number of rotatable bonds is 4. The van der Waals surface area contributed by atoms with Gasteiger partial charge < -0.3 is 10.1 Å². The summed E-state index contributed by atoms with van der Waals surface area (Å²) in [6.07, 6.45) is 8.29. The van der Waals surface area contributed by atoms with Crippen LogP contribution in [0.4, 0.5) is 0 Å². The molecule has 2 aromatic rings. The van der Waals surface area contributed by atoms with Crippen LogP contribution >= 0.6 is 11.3 Å². The van der Waals surface area contributed by atoms with E-state index in [4.69, 9.17) is 4.74 Å². The first kappa shape index (κ1) is 15.2. The highest BCUT2D eigenvalue weighted by molar-refractivity contribution is 7.11. The van der Waals surface area contributed by atoms with Crippen LogP contribution in [-0.4, -0.2) is 41.1 Å². The van der Waals surface area contributed by atoms with Crippen molar-refractivity contribution in [2.24, 2.45) is 0 Å². The second kappa shape index (κ2) is 7.05. The standard InChI is InChI=1S/C17H22N4OS/c1-2-16(22-9-1)17-20-10-14(23-17)12-21-8-7-19-11-15(21)13-3-5-18-6-4-13/h3-6,10,15-16,19H,1-2,7-9,11-12H2. The topological polar surface area (TPSA) is 50.3 Å². The fourth-order valence-electron chi connectivity index (χ4n) is 3.37. The predicted octanol–water partition coefficient (Wildman–Crippen LogP) is 2.54. The van der Waals surface area contributed by atoms with Crippen molar-refractivity contribution in [2.45, 2.75) is 31.5 Å². The molecule has 0 saturated carbocycles. The minimum Gasteiger partial charge on any atom is -0.371 e. The molecule has 0 spiro atoms. The molecule has 6 heteroatoms. The Morgan fingerprint density at radius 1 is 1.35 bits per heavy atom. The zero-order valence-corrected chi connectivity index (χ0v) is 14.0. The highest BCUT2D eigenvalue weighted by Gasteiger charge is 2.25. The maximum atomic E-state index is 5.75. The van der Waals surface area contributed by atoms with Gasteiger partial charge >= 0.3 is 0 Å². The molecular formula is C17H22N4OS. The molecule has 1 N–H and O–H groups in total. The third-order valence-electron chi connectivity index (χ3n) is 4.58. The van der Waals surface area contributed by atoms with Gasteiger partial charge in [0.05, 0.1) is 0 Å². The summed E-state index contributed by atoms with van der Waals surface area (Å²) in [5.41, 5.74) is 1.33. The van der Waals surface area contributed by atoms with E-state index in [1.165, 1.54) is 10.4 Å². The minimum atomic E-state index is 0.229. The number of piperazine rings is 1. The van der Waals surface area contributed by atoms with Crippen LogP contribution in [0, 0.1) is 0 Å². The molecule has 0 amide bonds. The van der Waals surface area contributed by atoms with E-state index in [-0.39, 0.29) is 6.10 Å². The van der Waals surface area contributed by atoms with Gasteiger partial charge in [-0.05, 0) is 30.5 Å². The van der Waals surface area contributed by atoms with Gasteiger partial charge in [0.2, 0.25) is 0 Å². The third-order valence-corrected chi connectivity index (χ3v) is 5.65. The van der Waals surface area contributed by atoms with Gasteiger partial charge in [-0.15, -0.1) is 11.3 Å². The number of thiazole rings is 1. The van der Waals surface area contributed by atoms with Gasteiger partial charge in [-0.3, -0.25) is 9.88 Å². The number of ether oxygens (including phenoxy) is 1. The molecule has 0 aromatic carbocycles. The molecule has 2 unspecified atom stereocenters. The molecule has 2 aliphatic heterocycles. The predicted molar refractivity (Wildman–Crippen MR) is 90.3 cm³/mol. The summed E-state index contributed by atoms with van der Waals surface area (Å²) >= 11 is 1.81. The molecule has 2 saturated heterocycles. The molecule has 2 fully saturated rings. The molecule has 2 aliphatic rings. The SMILES string of the molecule is c1cc(C2CNCCN2Cc2cnc(C3CCCO3)s2)ccn1. The molecule has 0 aliphatic carbocycles. The van der Waals surface area contributed by atoms with Gasteiger partial charge in [-0.2, -0.15) is 0 Å². The summed E-state index contributed by atoms with van der Waals surface area (Å²) in [7, 11) is 0. The second-order valence-electron chi connectivity index (χ2n) is 6.14. The van der Waals surface area contributed by atoms with Crippen molar-refractivity contribution in [1.29, 1.82) is 0 Å². The first-order chi connectivity index (χ1) is 11.4. The highest BCUT2D eigenvalue weighted by Crippen LogP contribution is 2.32. The van der Waals surface area contributed by atoms with Gasteiger partial charge in [0, 0.05) is 62.3 Å². The van der Waals surface area contributed by atoms with Crippen molar-refractivity contribution in [3.05, 3.63) is 46.2 Å². The smallest absolute Gasteiger partial charge is 0.122 e. The maximum Gasteiger partial charge on any atom is 0.122 e. The van der Waals surface area contributed by atoms with Gasteiger partial charge in [0.15, 0.2) is 0 Å². The lowest BCUT2D eigenvalue weighted by molar-refractivity contribution is 0.111. The largest absolute Gasteiger partial charge is 0.371 e. The average molecular weight is 330 g/mol. The molecule has 2 atom stereocenters. The summed E-state index contributed by atoms with van der Waals surface area (Å²) in [4.78, 5) is 12.6. The fraction of sp³-hybridized carbons (Fsp3) is 0.529. The van der Waals surface area contributed by atoms with Gasteiger partial charge in [-0.25, -0.2) is 4.98 Å². The Hall–Kier alpha value is -1.34. The summed E-state index contributed by atoms with van der Waals surface area (Å²) in [5.74, 6) is 0. The van der Waals surface area contributed by atoms with E-state index in [0.717, 1.165) is 50.6 Å². The Kier molecular flexibility index (Phi) is 4.66. The van der Waals surface area contributed by atoms with Gasteiger partial charge in [0.25, 0.3) is 0 Å². The Labute approximate surface area is 140 Å². The van der Waals surface area contributed by atoms with Crippen LogP contribution in [0.3, 0.4) is 0 Å². The van der Waals surface area contributed by atoms with E-state index in [1.54, 1.807) is 0 Å². The molecular weight excluding hydrogens is 308 g/mol. The molecule has 0 radical (unpaired) electrons.